The van der Waals surface area contributed by atoms with Crippen LogP contribution in [0.3, 0.4) is 0 Å². The number of carbonyl (C=O) groups is 1. The number of hydrogen-bond acceptors (Lipinski definition) is 2. The Kier molecular flexibility index (Phi) is 6.44. The van der Waals surface area contributed by atoms with E-state index in [0.29, 0.717) is 18.9 Å². The van der Waals surface area contributed by atoms with Crippen molar-refractivity contribution in [2.24, 2.45) is 11.8 Å². The summed E-state index contributed by atoms with van der Waals surface area (Å²) in [6.45, 7) is 4.80. The van der Waals surface area contributed by atoms with Crippen molar-refractivity contribution >= 4 is 5.91 Å². The lowest BCUT2D eigenvalue weighted by molar-refractivity contribution is -0.126. The topological polar surface area (TPSA) is 49.3 Å². The fourth-order valence-electron chi connectivity index (χ4n) is 1.92. The van der Waals surface area contributed by atoms with E-state index in [2.05, 4.69) is 31.3 Å². The molecular formula is C15H23NO2. The highest BCUT2D eigenvalue weighted by atomic mass is 16.3. The third-order valence-electron chi connectivity index (χ3n) is 3.07. The standard InChI is InChI=1S/C15H23NO2/c1-12(2)14(15(18)16-9-6-10-17)11-13-7-4-3-5-8-13/h3-5,7-8,12,14,17H,6,9-11H2,1-2H3,(H,16,18). The molecule has 0 aliphatic carbocycles. The van der Waals surface area contributed by atoms with Crippen LogP contribution in [-0.4, -0.2) is 24.2 Å². The molecule has 2 N–H and O–H groups in total. The van der Waals surface area contributed by atoms with Gasteiger partial charge in [-0.25, -0.2) is 0 Å². The maximum absolute atomic E-state index is 12.1. The monoisotopic (exact) mass is 249 g/mol. The van der Waals surface area contributed by atoms with Crippen LogP contribution in [0.25, 0.3) is 0 Å². The summed E-state index contributed by atoms with van der Waals surface area (Å²) in [6.07, 6.45) is 1.38. The predicted octanol–water partition coefficient (Wildman–Crippen LogP) is 2.00. The lowest BCUT2D eigenvalue weighted by Crippen LogP contribution is -2.35. The Balaban J connectivity index is 2.57. The summed E-state index contributed by atoms with van der Waals surface area (Å²) in [6, 6.07) is 10.1. The van der Waals surface area contributed by atoms with Crippen LogP contribution in [0.2, 0.25) is 0 Å². The minimum absolute atomic E-state index is 0.00825. The van der Waals surface area contributed by atoms with Gasteiger partial charge in [-0.05, 0) is 24.3 Å². The molecule has 1 amide bonds. The Hall–Kier alpha value is -1.35. The molecule has 1 aromatic carbocycles. The zero-order valence-corrected chi connectivity index (χ0v) is 11.2. The number of benzene rings is 1. The van der Waals surface area contributed by atoms with Crippen LogP contribution in [0.1, 0.15) is 25.8 Å². The Labute approximate surface area is 109 Å². The average molecular weight is 249 g/mol. The molecule has 0 bridgehead atoms. The molecule has 1 rings (SSSR count). The molecule has 0 aliphatic heterocycles. The van der Waals surface area contributed by atoms with Crippen LogP contribution >= 0.6 is 0 Å². The number of nitrogens with one attached hydrogen (secondary N) is 1. The van der Waals surface area contributed by atoms with Crippen molar-refractivity contribution in [3.05, 3.63) is 35.9 Å². The molecule has 1 aromatic rings. The van der Waals surface area contributed by atoms with Crippen molar-refractivity contribution in [3.8, 4) is 0 Å². The third kappa shape index (κ3) is 4.88. The van der Waals surface area contributed by atoms with Gasteiger partial charge in [0.15, 0.2) is 0 Å². The molecule has 0 spiro atoms. The Morgan fingerprint density at radius 1 is 1.28 bits per heavy atom. The van der Waals surface area contributed by atoms with E-state index < -0.39 is 0 Å². The van der Waals surface area contributed by atoms with Gasteiger partial charge >= 0.3 is 0 Å². The summed E-state index contributed by atoms with van der Waals surface area (Å²) in [5, 5.41) is 11.6. The summed E-state index contributed by atoms with van der Waals surface area (Å²) in [4.78, 5) is 12.1. The van der Waals surface area contributed by atoms with E-state index in [0.717, 1.165) is 6.42 Å². The summed E-state index contributed by atoms with van der Waals surface area (Å²) >= 11 is 0. The average Bonchev–Trinajstić information content (AvgIpc) is 2.37. The van der Waals surface area contributed by atoms with Gasteiger partial charge in [-0.1, -0.05) is 44.2 Å². The molecule has 3 heteroatoms. The van der Waals surface area contributed by atoms with E-state index in [4.69, 9.17) is 5.11 Å². The van der Waals surface area contributed by atoms with E-state index in [9.17, 15) is 4.79 Å². The number of aliphatic hydroxyl groups is 1. The lowest BCUT2D eigenvalue weighted by Gasteiger charge is -2.20. The van der Waals surface area contributed by atoms with Gasteiger partial charge in [0.1, 0.15) is 0 Å². The zero-order valence-electron chi connectivity index (χ0n) is 11.2. The molecule has 3 nitrogen and oxygen atoms in total. The van der Waals surface area contributed by atoms with Crippen LogP contribution in [0.15, 0.2) is 30.3 Å². The molecule has 1 atom stereocenters. The van der Waals surface area contributed by atoms with E-state index in [1.807, 2.05) is 18.2 Å². The van der Waals surface area contributed by atoms with Gasteiger partial charge in [-0.2, -0.15) is 0 Å². The van der Waals surface area contributed by atoms with Gasteiger partial charge in [-0.15, -0.1) is 0 Å². The molecule has 0 saturated heterocycles. The third-order valence-corrected chi connectivity index (χ3v) is 3.07. The highest BCUT2D eigenvalue weighted by molar-refractivity contribution is 5.79. The number of rotatable bonds is 7. The highest BCUT2D eigenvalue weighted by Gasteiger charge is 2.21. The van der Waals surface area contributed by atoms with Crippen LogP contribution < -0.4 is 5.32 Å². The molecule has 0 saturated carbocycles. The highest BCUT2D eigenvalue weighted by Crippen LogP contribution is 2.17. The molecule has 0 aromatic heterocycles. The largest absolute Gasteiger partial charge is 0.396 e. The number of hydrogen-bond donors (Lipinski definition) is 2. The quantitative estimate of drug-likeness (QED) is 0.726. The summed E-state index contributed by atoms with van der Waals surface area (Å²) in [7, 11) is 0. The number of amides is 1. The van der Waals surface area contributed by atoms with Crippen molar-refractivity contribution in [2.75, 3.05) is 13.2 Å². The van der Waals surface area contributed by atoms with E-state index in [1.54, 1.807) is 0 Å². The first-order valence-electron chi connectivity index (χ1n) is 6.57. The Morgan fingerprint density at radius 2 is 1.94 bits per heavy atom. The van der Waals surface area contributed by atoms with Crippen molar-refractivity contribution in [3.63, 3.8) is 0 Å². The molecule has 18 heavy (non-hydrogen) atoms. The Bertz CT molecular complexity index is 349. The first-order valence-corrected chi connectivity index (χ1v) is 6.57. The molecule has 0 radical (unpaired) electrons. The molecule has 0 aliphatic rings. The molecule has 0 fully saturated rings. The molecular weight excluding hydrogens is 226 g/mol. The molecule has 100 valence electrons. The van der Waals surface area contributed by atoms with Gasteiger partial charge in [0.05, 0.1) is 0 Å². The second-order valence-corrected chi connectivity index (χ2v) is 4.91. The molecule has 1 unspecified atom stereocenters. The lowest BCUT2D eigenvalue weighted by atomic mass is 9.88. The second kappa shape index (κ2) is 7.88. The fourth-order valence-corrected chi connectivity index (χ4v) is 1.92. The van der Waals surface area contributed by atoms with E-state index in [-0.39, 0.29) is 18.4 Å². The number of carbonyl (C=O) groups excluding carboxylic acids is 1. The van der Waals surface area contributed by atoms with Crippen molar-refractivity contribution < 1.29 is 9.90 Å². The first kappa shape index (κ1) is 14.7. The normalized spacial score (nSPS) is 12.4. The smallest absolute Gasteiger partial charge is 0.223 e. The van der Waals surface area contributed by atoms with E-state index >= 15 is 0 Å². The zero-order chi connectivity index (χ0) is 13.4. The SMILES string of the molecule is CC(C)C(Cc1ccccc1)C(=O)NCCCO. The van der Waals surface area contributed by atoms with Crippen LogP contribution in [0.4, 0.5) is 0 Å². The van der Waals surface area contributed by atoms with Gasteiger partial charge < -0.3 is 10.4 Å². The van der Waals surface area contributed by atoms with Gasteiger partial charge in [0.2, 0.25) is 5.91 Å². The minimum atomic E-state index is -0.00825. The van der Waals surface area contributed by atoms with Crippen LogP contribution in [-0.2, 0) is 11.2 Å². The maximum Gasteiger partial charge on any atom is 0.223 e. The summed E-state index contributed by atoms with van der Waals surface area (Å²) in [5.74, 6) is 0.382. The summed E-state index contributed by atoms with van der Waals surface area (Å²) < 4.78 is 0. The number of aliphatic hydroxyl groups excluding tert-OH is 1. The van der Waals surface area contributed by atoms with E-state index in [1.165, 1.54) is 5.56 Å². The second-order valence-electron chi connectivity index (χ2n) is 4.91. The molecule has 0 heterocycles. The predicted molar refractivity (Wildman–Crippen MR) is 73.2 cm³/mol. The van der Waals surface area contributed by atoms with Crippen molar-refractivity contribution in [1.29, 1.82) is 0 Å². The maximum atomic E-state index is 12.1. The van der Waals surface area contributed by atoms with Crippen LogP contribution in [0, 0.1) is 11.8 Å². The minimum Gasteiger partial charge on any atom is -0.396 e. The fraction of sp³-hybridized carbons (Fsp3) is 0.533. The Morgan fingerprint density at radius 3 is 2.50 bits per heavy atom. The first-order chi connectivity index (χ1) is 8.65. The van der Waals surface area contributed by atoms with Crippen LogP contribution in [0.5, 0.6) is 0 Å². The van der Waals surface area contributed by atoms with Crippen molar-refractivity contribution in [2.45, 2.75) is 26.7 Å². The van der Waals surface area contributed by atoms with Gasteiger partial charge in [0.25, 0.3) is 0 Å². The van der Waals surface area contributed by atoms with Gasteiger partial charge in [-0.3, -0.25) is 4.79 Å². The van der Waals surface area contributed by atoms with Gasteiger partial charge in [0, 0.05) is 19.1 Å². The summed E-state index contributed by atoms with van der Waals surface area (Å²) in [5.41, 5.74) is 1.19. The van der Waals surface area contributed by atoms with Crippen molar-refractivity contribution in [1.82, 2.24) is 5.32 Å².